The molecule has 2 aliphatic heterocycles. The smallest absolute Gasteiger partial charge is 0.475 e. The summed E-state index contributed by atoms with van der Waals surface area (Å²) in [5.74, 6) is -1.91. The number of ether oxygens (including phenoxy) is 1. The first-order chi connectivity index (χ1) is 14.2. The minimum Gasteiger partial charge on any atom is -0.475 e. The van der Waals surface area contributed by atoms with Crippen molar-refractivity contribution in [3.05, 3.63) is 40.2 Å². The van der Waals surface area contributed by atoms with Crippen LogP contribution in [0, 0.1) is 6.92 Å². The quantitative estimate of drug-likeness (QED) is 0.748. The molecule has 4 heterocycles. The fraction of sp³-hybridized carbons (Fsp3) is 0.526. The van der Waals surface area contributed by atoms with Crippen LogP contribution >= 0.6 is 11.3 Å². The van der Waals surface area contributed by atoms with Crippen molar-refractivity contribution in [1.82, 2.24) is 15.1 Å². The standard InChI is InChI=1S/C17H22N4OS.C2HF3O2/c1-13-4-5-16(20-19-13)18-14-9-17(22-11-14)6-7-21(12-17)10-15-3-2-8-23-15;3-2(4,5)1(6)7/h2-5,8,14H,6-7,9-12H2,1H3,(H,18,20);(H,6,7). The van der Waals surface area contributed by atoms with Gasteiger partial charge in [-0.1, -0.05) is 6.07 Å². The van der Waals surface area contributed by atoms with Crippen LogP contribution in [0.1, 0.15) is 23.4 Å². The fourth-order valence-corrected chi connectivity index (χ4v) is 4.34. The fourth-order valence-electron chi connectivity index (χ4n) is 3.59. The zero-order chi connectivity index (χ0) is 21.8. The normalized spacial score (nSPS) is 23.9. The Bertz CT molecular complexity index is 833. The number of anilines is 1. The lowest BCUT2D eigenvalue weighted by molar-refractivity contribution is -0.192. The minimum absolute atomic E-state index is 0.0209. The van der Waals surface area contributed by atoms with E-state index in [-0.39, 0.29) is 5.60 Å². The van der Waals surface area contributed by atoms with Gasteiger partial charge in [-0.15, -0.1) is 16.4 Å². The molecule has 0 aliphatic carbocycles. The van der Waals surface area contributed by atoms with Crippen LogP contribution in [0.15, 0.2) is 29.6 Å². The summed E-state index contributed by atoms with van der Waals surface area (Å²) in [6, 6.07) is 8.64. The Hall–Kier alpha value is -2.24. The lowest BCUT2D eigenvalue weighted by atomic mass is 9.97. The minimum atomic E-state index is -5.08. The van der Waals surface area contributed by atoms with Gasteiger partial charge in [0.15, 0.2) is 0 Å². The number of carbonyl (C=O) groups is 1. The number of thiophene rings is 1. The Morgan fingerprint density at radius 1 is 1.40 bits per heavy atom. The highest BCUT2D eigenvalue weighted by atomic mass is 32.1. The molecule has 2 fully saturated rings. The van der Waals surface area contributed by atoms with E-state index >= 15 is 0 Å². The topological polar surface area (TPSA) is 87.6 Å². The van der Waals surface area contributed by atoms with Gasteiger partial charge in [-0.3, -0.25) is 4.90 Å². The van der Waals surface area contributed by atoms with E-state index in [9.17, 15) is 13.2 Å². The molecule has 7 nitrogen and oxygen atoms in total. The van der Waals surface area contributed by atoms with Gasteiger partial charge in [-0.05, 0) is 36.9 Å². The van der Waals surface area contributed by atoms with E-state index < -0.39 is 12.1 Å². The van der Waals surface area contributed by atoms with Crippen molar-refractivity contribution in [2.45, 2.75) is 44.1 Å². The molecule has 30 heavy (non-hydrogen) atoms. The largest absolute Gasteiger partial charge is 0.490 e. The van der Waals surface area contributed by atoms with E-state index in [0.717, 1.165) is 50.6 Å². The lowest BCUT2D eigenvalue weighted by Gasteiger charge is -2.23. The SMILES string of the molecule is Cc1ccc(NC2COC3(CCN(Cc4cccs4)C3)C2)nn1.O=C(O)C(F)(F)F. The van der Waals surface area contributed by atoms with E-state index in [2.05, 4.69) is 37.9 Å². The van der Waals surface area contributed by atoms with E-state index in [0.29, 0.717) is 6.04 Å². The third-order valence-corrected chi connectivity index (χ3v) is 5.82. The summed E-state index contributed by atoms with van der Waals surface area (Å²) < 4.78 is 37.9. The lowest BCUT2D eigenvalue weighted by Crippen LogP contribution is -2.33. The Morgan fingerprint density at radius 2 is 2.17 bits per heavy atom. The number of carboxylic acid groups (broad SMARTS) is 1. The summed E-state index contributed by atoms with van der Waals surface area (Å²) in [5.41, 5.74) is 0.960. The van der Waals surface area contributed by atoms with Crippen LogP contribution < -0.4 is 5.32 Å². The molecule has 2 saturated heterocycles. The average Bonchev–Trinajstić information content (AvgIpc) is 3.41. The van der Waals surface area contributed by atoms with Gasteiger partial charge in [0.05, 0.1) is 23.9 Å². The van der Waals surface area contributed by atoms with Crippen LogP contribution in [-0.2, 0) is 16.1 Å². The highest BCUT2D eigenvalue weighted by Crippen LogP contribution is 2.36. The number of nitrogens with zero attached hydrogens (tertiary/aromatic N) is 3. The van der Waals surface area contributed by atoms with Gasteiger partial charge in [-0.25, -0.2) is 4.79 Å². The molecule has 4 rings (SSSR count). The molecule has 2 aromatic heterocycles. The maximum atomic E-state index is 10.6. The highest BCUT2D eigenvalue weighted by Gasteiger charge is 2.45. The van der Waals surface area contributed by atoms with E-state index in [4.69, 9.17) is 14.6 Å². The van der Waals surface area contributed by atoms with Crippen LogP contribution in [0.5, 0.6) is 0 Å². The van der Waals surface area contributed by atoms with Crippen LogP contribution in [0.25, 0.3) is 0 Å². The summed E-state index contributed by atoms with van der Waals surface area (Å²) in [7, 11) is 0. The van der Waals surface area contributed by atoms with Gasteiger partial charge in [0.2, 0.25) is 0 Å². The summed E-state index contributed by atoms with van der Waals surface area (Å²) >= 11 is 1.83. The van der Waals surface area contributed by atoms with Gasteiger partial charge in [-0.2, -0.15) is 18.3 Å². The molecule has 0 bridgehead atoms. The molecule has 1 spiro atoms. The number of rotatable bonds is 4. The van der Waals surface area contributed by atoms with Crippen LogP contribution in [-0.4, -0.2) is 63.7 Å². The first-order valence-corrected chi connectivity index (χ1v) is 10.3. The summed E-state index contributed by atoms with van der Waals surface area (Å²) in [6.07, 6.45) is -2.92. The number of aryl methyl sites for hydroxylation is 1. The predicted molar refractivity (Wildman–Crippen MR) is 105 cm³/mol. The Kier molecular flexibility index (Phi) is 6.94. The first-order valence-electron chi connectivity index (χ1n) is 9.41. The average molecular weight is 444 g/mol. The number of aromatic nitrogens is 2. The van der Waals surface area contributed by atoms with E-state index in [1.807, 2.05) is 30.4 Å². The number of aliphatic carboxylic acids is 1. The molecular formula is C19H23F3N4O3S. The van der Waals surface area contributed by atoms with Gasteiger partial charge in [0, 0.05) is 30.9 Å². The molecule has 0 amide bonds. The second kappa shape index (κ2) is 9.27. The molecule has 2 N–H and O–H groups in total. The molecule has 164 valence electrons. The Labute approximate surface area is 175 Å². The Morgan fingerprint density at radius 3 is 2.77 bits per heavy atom. The maximum Gasteiger partial charge on any atom is 0.490 e. The van der Waals surface area contributed by atoms with Crippen LogP contribution in [0.2, 0.25) is 0 Å². The van der Waals surface area contributed by atoms with Gasteiger partial charge in [0.25, 0.3) is 0 Å². The maximum absolute atomic E-state index is 10.6. The zero-order valence-corrected chi connectivity index (χ0v) is 17.2. The summed E-state index contributed by atoms with van der Waals surface area (Å²) in [4.78, 5) is 12.8. The number of likely N-dealkylation sites (tertiary alicyclic amines) is 1. The van der Waals surface area contributed by atoms with Crippen LogP contribution in [0.4, 0.5) is 19.0 Å². The molecule has 2 unspecified atom stereocenters. The number of carboxylic acids is 1. The second-order valence-electron chi connectivity index (χ2n) is 7.44. The number of halogens is 3. The number of nitrogens with one attached hydrogen (secondary N) is 1. The third-order valence-electron chi connectivity index (χ3n) is 4.96. The molecule has 0 radical (unpaired) electrons. The number of hydrogen-bond acceptors (Lipinski definition) is 7. The van der Waals surface area contributed by atoms with Gasteiger partial charge >= 0.3 is 12.1 Å². The molecule has 2 atom stereocenters. The van der Waals surface area contributed by atoms with Crippen molar-refractivity contribution in [2.75, 3.05) is 25.0 Å². The van der Waals surface area contributed by atoms with Crippen molar-refractivity contribution < 1.29 is 27.8 Å². The molecule has 2 aromatic rings. The number of hydrogen-bond donors (Lipinski definition) is 2. The molecule has 0 aromatic carbocycles. The Balaban J connectivity index is 0.000000318. The number of alkyl halides is 3. The molecular weight excluding hydrogens is 421 g/mol. The van der Waals surface area contributed by atoms with Crippen LogP contribution in [0.3, 0.4) is 0 Å². The van der Waals surface area contributed by atoms with Crippen molar-refractivity contribution in [2.24, 2.45) is 0 Å². The van der Waals surface area contributed by atoms with E-state index in [1.54, 1.807) is 0 Å². The van der Waals surface area contributed by atoms with Gasteiger partial charge in [0.1, 0.15) is 5.82 Å². The van der Waals surface area contributed by atoms with Crippen molar-refractivity contribution in [3.63, 3.8) is 0 Å². The molecule has 2 aliphatic rings. The van der Waals surface area contributed by atoms with E-state index in [1.165, 1.54) is 4.88 Å². The van der Waals surface area contributed by atoms with Gasteiger partial charge < -0.3 is 15.2 Å². The molecule has 0 saturated carbocycles. The first kappa shape index (κ1) is 22.4. The van der Waals surface area contributed by atoms with Crippen molar-refractivity contribution in [1.29, 1.82) is 0 Å². The summed E-state index contributed by atoms with van der Waals surface area (Å²) in [6.45, 7) is 5.90. The zero-order valence-electron chi connectivity index (χ0n) is 16.4. The summed E-state index contributed by atoms with van der Waals surface area (Å²) in [5, 5.41) is 21.0. The predicted octanol–water partition coefficient (Wildman–Crippen LogP) is 3.33. The van der Waals surface area contributed by atoms with Crippen molar-refractivity contribution >= 4 is 23.1 Å². The highest BCUT2D eigenvalue weighted by molar-refractivity contribution is 7.09. The molecule has 11 heteroatoms. The monoisotopic (exact) mass is 444 g/mol. The van der Waals surface area contributed by atoms with Crippen molar-refractivity contribution in [3.8, 4) is 0 Å². The second-order valence-corrected chi connectivity index (χ2v) is 8.47. The third kappa shape index (κ3) is 6.13.